The van der Waals surface area contributed by atoms with Gasteiger partial charge in [0.25, 0.3) is 0 Å². The zero-order valence-electron chi connectivity index (χ0n) is 56.1. The number of ether oxygens (including phenoxy) is 6. The Labute approximate surface area is 547 Å². The predicted octanol–water partition coefficient (Wildman–Crippen LogP) is 9.94. The van der Waals surface area contributed by atoms with Gasteiger partial charge >= 0.3 is 0 Å². The fourth-order valence-corrected chi connectivity index (χ4v) is 12.0. The van der Waals surface area contributed by atoms with Gasteiger partial charge in [0.2, 0.25) is 5.91 Å². The topological polar surface area (TPSA) is 307 Å². The number of allylic oxidation sites excluding steroid dienone is 9. The maximum atomic E-state index is 13.4. The summed E-state index contributed by atoms with van der Waals surface area (Å²) in [7, 11) is 0. The summed E-state index contributed by atoms with van der Waals surface area (Å²) in [5, 5.41) is 121. The first kappa shape index (κ1) is 82.7. The van der Waals surface area contributed by atoms with E-state index in [1.54, 1.807) is 6.08 Å². The van der Waals surface area contributed by atoms with Gasteiger partial charge in [-0.3, -0.25) is 4.79 Å². The number of aliphatic hydroxyl groups excluding tert-OH is 11. The van der Waals surface area contributed by atoms with Gasteiger partial charge < -0.3 is 89.9 Å². The second kappa shape index (κ2) is 53.6. The lowest BCUT2D eigenvalue weighted by atomic mass is 9.96. The van der Waals surface area contributed by atoms with Crippen molar-refractivity contribution in [1.82, 2.24) is 5.32 Å². The van der Waals surface area contributed by atoms with Crippen LogP contribution in [0.5, 0.6) is 0 Å². The van der Waals surface area contributed by atoms with E-state index in [2.05, 4.69) is 67.8 Å². The molecule has 0 spiro atoms. The Morgan fingerprint density at radius 1 is 0.407 bits per heavy atom. The van der Waals surface area contributed by atoms with Crippen LogP contribution in [-0.4, -0.2) is 193 Å². The van der Waals surface area contributed by atoms with Gasteiger partial charge in [0.15, 0.2) is 18.9 Å². The van der Waals surface area contributed by atoms with Gasteiger partial charge in [0, 0.05) is 6.42 Å². The normalized spacial score (nSPS) is 28.2. The van der Waals surface area contributed by atoms with E-state index in [9.17, 15) is 61.0 Å². The highest BCUT2D eigenvalue weighted by atomic mass is 16.8. The first-order chi connectivity index (χ1) is 44.3. The number of carbonyl (C=O) groups excluding carboxylic acids is 1. The SMILES string of the molecule is CC/C=C\C/C=C\C/C=C\C/C=C\CCCCCCC(=O)NC(COC1OC(CO)C(OC2OC(CO)C(OC3OC(CO)C(O)C(O)C3O)C(O)C2O)C(O)C1O)C(O)/C=C/CCCCCCCCCCCCCCCCCCCCCCCCCCCCC. The molecule has 91 heavy (non-hydrogen) atoms. The van der Waals surface area contributed by atoms with Gasteiger partial charge in [-0.15, -0.1) is 0 Å². The predicted molar refractivity (Wildman–Crippen MR) is 355 cm³/mol. The average molecular weight is 1300 g/mol. The molecule has 19 heteroatoms. The van der Waals surface area contributed by atoms with Crippen molar-refractivity contribution in [3.05, 3.63) is 60.8 Å². The van der Waals surface area contributed by atoms with E-state index in [1.165, 1.54) is 154 Å². The lowest BCUT2D eigenvalue weighted by Gasteiger charge is -2.48. The van der Waals surface area contributed by atoms with Crippen molar-refractivity contribution in [2.45, 2.75) is 362 Å². The van der Waals surface area contributed by atoms with Crippen LogP contribution in [0.1, 0.15) is 258 Å². The lowest BCUT2D eigenvalue weighted by molar-refractivity contribution is -0.379. The third kappa shape index (κ3) is 35.4. The third-order valence-electron chi connectivity index (χ3n) is 17.8. The van der Waals surface area contributed by atoms with Crippen molar-refractivity contribution in [2.75, 3.05) is 26.4 Å². The van der Waals surface area contributed by atoms with E-state index in [0.717, 1.165) is 77.0 Å². The van der Waals surface area contributed by atoms with Crippen molar-refractivity contribution in [2.24, 2.45) is 0 Å². The van der Waals surface area contributed by atoms with Crippen LogP contribution < -0.4 is 5.32 Å². The molecule has 19 nitrogen and oxygen atoms in total. The first-order valence-electron chi connectivity index (χ1n) is 36.0. The molecule has 3 aliphatic rings. The van der Waals surface area contributed by atoms with Crippen molar-refractivity contribution in [3.63, 3.8) is 0 Å². The highest BCUT2D eigenvalue weighted by Crippen LogP contribution is 2.33. The molecule has 3 fully saturated rings. The Balaban J connectivity index is 1.41. The number of unbranched alkanes of at least 4 members (excludes halogenated alkanes) is 31. The van der Waals surface area contributed by atoms with Crippen LogP contribution in [0.3, 0.4) is 0 Å². The fourth-order valence-electron chi connectivity index (χ4n) is 12.0. The van der Waals surface area contributed by atoms with Gasteiger partial charge in [-0.1, -0.05) is 254 Å². The second-order valence-corrected chi connectivity index (χ2v) is 25.7. The van der Waals surface area contributed by atoms with Gasteiger partial charge in [-0.2, -0.15) is 0 Å². The molecule has 12 N–H and O–H groups in total. The minimum atomic E-state index is -1.98. The zero-order valence-corrected chi connectivity index (χ0v) is 56.1. The molecule has 0 aromatic rings. The number of rotatable bonds is 55. The summed E-state index contributed by atoms with van der Waals surface area (Å²) in [6, 6.07) is -0.990. The van der Waals surface area contributed by atoms with E-state index in [-0.39, 0.29) is 18.9 Å². The summed E-state index contributed by atoms with van der Waals surface area (Å²) >= 11 is 0. The van der Waals surface area contributed by atoms with Crippen LogP contribution in [0, 0.1) is 0 Å². The molecular weight excluding hydrogens is 1170 g/mol. The Bertz CT molecular complexity index is 1890. The minimum absolute atomic E-state index is 0.213. The van der Waals surface area contributed by atoms with Gasteiger partial charge in [-0.25, -0.2) is 0 Å². The van der Waals surface area contributed by atoms with Crippen LogP contribution in [0.25, 0.3) is 0 Å². The standard InChI is InChI=1S/C72H129NO18/c1-3-5-7-9-11-13-15-17-19-21-22-23-24-25-26-27-28-29-30-31-32-34-35-37-39-41-43-45-47-49-56(77)55(73-60(78)50-48-46-44-42-40-38-36-33-20-18-16-14-12-10-8-6-4-2)54-86-70-66(84)63(81)68(58(52-75)88-70)91-72-67(85)64(82)69(59(53-76)89-72)90-71-65(83)62(80)61(79)57(51-74)87-71/h6,8,12,14,18,20,36,38,47,49,55-59,61-72,74-77,79-85H,3-5,7,9-11,13,15-17,19,21-35,37,39-46,48,50-54H2,1-2H3,(H,73,78)/b8-6-,14-12-,20-18-,38-36-,49-47+. The molecule has 3 saturated heterocycles. The Kier molecular flexibility index (Phi) is 48.7. The number of aliphatic hydroxyl groups is 11. The summed E-state index contributed by atoms with van der Waals surface area (Å²) in [5.41, 5.74) is 0. The van der Waals surface area contributed by atoms with Crippen molar-refractivity contribution >= 4 is 5.91 Å². The Hall–Kier alpha value is -2.51. The van der Waals surface area contributed by atoms with Crippen LogP contribution in [0.4, 0.5) is 0 Å². The summed E-state index contributed by atoms with van der Waals surface area (Å²) < 4.78 is 34.3. The minimum Gasteiger partial charge on any atom is -0.394 e. The zero-order chi connectivity index (χ0) is 66.1. The van der Waals surface area contributed by atoms with E-state index < -0.39 is 124 Å². The van der Waals surface area contributed by atoms with Crippen LogP contribution in [0.15, 0.2) is 60.8 Å². The monoisotopic (exact) mass is 1300 g/mol. The van der Waals surface area contributed by atoms with Crippen LogP contribution in [0.2, 0.25) is 0 Å². The summed E-state index contributed by atoms with van der Waals surface area (Å²) in [4.78, 5) is 13.4. The third-order valence-corrected chi connectivity index (χ3v) is 17.8. The molecule has 3 heterocycles. The second-order valence-electron chi connectivity index (χ2n) is 25.7. The molecule has 0 aliphatic carbocycles. The molecule has 3 aliphatic heterocycles. The molecular formula is C72H129NO18. The van der Waals surface area contributed by atoms with Crippen LogP contribution in [-0.2, 0) is 33.2 Å². The Morgan fingerprint density at radius 2 is 0.758 bits per heavy atom. The number of nitrogens with one attached hydrogen (secondary N) is 1. The molecule has 0 aromatic heterocycles. The quantitative estimate of drug-likeness (QED) is 0.0199. The summed E-state index contributed by atoms with van der Waals surface area (Å²) in [5.74, 6) is -0.298. The number of hydrogen-bond donors (Lipinski definition) is 12. The van der Waals surface area contributed by atoms with Gasteiger partial charge in [0.1, 0.15) is 73.2 Å². The van der Waals surface area contributed by atoms with E-state index in [4.69, 9.17) is 28.4 Å². The summed E-state index contributed by atoms with van der Waals surface area (Å²) in [6.07, 6.45) is 39.2. The van der Waals surface area contributed by atoms with Gasteiger partial charge in [-0.05, 0) is 57.8 Å². The van der Waals surface area contributed by atoms with E-state index in [0.29, 0.717) is 6.42 Å². The molecule has 3 rings (SSSR count). The molecule has 1 amide bonds. The van der Waals surface area contributed by atoms with E-state index >= 15 is 0 Å². The molecule has 0 bridgehead atoms. The van der Waals surface area contributed by atoms with E-state index in [1.807, 2.05) is 6.08 Å². The lowest BCUT2D eigenvalue weighted by Crippen LogP contribution is -2.66. The largest absolute Gasteiger partial charge is 0.394 e. The van der Waals surface area contributed by atoms with Crippen LogP contribution >= 0.6 is 0 Å². The first-order valence-corrected chi connectivity index (χ1v) is 36.0. The maximum Gasteiger partial charge on any atom is 0.220 e. The van der Waals surface area contributed by atoms with Crippen molar-refractivity contribution < 1.29 is 89.4 Å². The molecule has 0 radical (unpaired) electrons. The van der Waals surface area contributed by atoms with Crippen molar-refractivity contribution in [1.29, 1.82) is 0 Å². The molecule has 0 aromatic carbocycles. The number of amides is 1. The smallest absolute Gasteiger partial charge is 0.220 e. The van der Waals surface area contributed by atoms with Crippen molar-refractivity contribution in [3.8, 4) is 0 Å². The fraction of sp³-hybridized carbons (Fsp3) is 0.847. The maximum absolute atomic E-state index is 13.4. The summed E-state index contributed by atoms with van der Waals surface area (Å²) in [6.45, 7) is 1.61. The van der Waals surface area contributed by atoms with Gasteiger partial charge in [0.05, 0.1) is 38.6 Å². The average Bonchev–Trinajstić information content (AvgIpc) is 0.885. The number of carbonyl (C=O) groups is 1. The highest BCUT2D eigenvalue weighted by molar-refractivity contribution is 5.76. The molecule has 530 valence electrons. The molecule has 0 saturated carbocycles. The Morgan fingerprint density at radius 3 is 1.19 bits per heavy atom. The highest BCUT2D eigenvalue weighted by Gasteiger charge is 2.53. The molecule has 17 unspecified atom stereocenters. The molecule has 17 atom stereocenters. The number of hydrogen-bond acceptors (Lipinski definition) is 18.